The molecule has 0 fully saturated rings. The number of amides is 1. The number of halogens is 1. The molecule has 6 nitrogen and oxygen atoms in total. The van der Waals surface area contributed by atoms with E-state index in [2.05, 4.69) is 26.2 Å². The first kappa shape index (κ1) is 20.0. The minimum atomic E-state index is -3.77. The fourth-order valence-electron chi connectivity index (χ4n) is 2.11. The summed E-state index contributed by atoms with van der Waals surface area (Å²) in [5, 5.41) is 3.15. The number of hydrogen-bond donors (Lipinski definition) is 1. The topological polar surface area (TPSA) is 79.4 Å². The molecule has 0 unspecified atom stereocenters. The number of rotatable bonds is 6. The number of benzene rings is 1. The lowest BCUT2D eigenvalue weighted by Crippen LogP contribution is -2.42. The number of carbonyl (C=O) groups excluding carboxylic acids is 1. The lowest BCUT2D eigenvalue weighted by Gasteiger charge is -2.25. The summed E-state index contributed by atoms with van der Waals surface area (Å²) in [7, 11) is -3.77. The van der Waals surface area contributed by atoms with Crippen molar-refractivity contribution >= 4 is 48.3 Å². The van der Waals surface area contributed by atoms with Crippen LogP contribution < -0.4 is 5.32 Å². The number of carbonyl (C=O) groups is 1. The molecular formula is C16H20BrN3O3S2. The summed E-state index contributed by atoms with van der Waals surface area (Å²) < 4.78 is 27.7. The molecule has 2 rings (SSSR count). The Morgan fingerprint density at radius 3 is 2.36 bits per heavy atom. The molecule has 0 spiro atoms. The smallest absolute Gasteiger partial charge is 0.243 e. The zero-order chi connectivity index (χ0) is 18.8. The minimum absolute atomic E-state index is 0.151. The molecule has 0 atom stereocenters. The van der Waals surface area contributed by atoms with E-state index in [1.165, 1.54) is 27.8 Å². The Morgan fingerprint density at radius 2 is 1.88 bits per heavy atom. The summed E-state index contributed by atoms with van der Waals surface area (Å²) >= 11 is 4.65. The maximum absolute atomic E-state index is 12.8. The molecule has 1 N–H and O–H groups in total. The van der Waals surface area contributed by atoms with Crippen molar-refractivity contribution in [3.63, 3.8) is 0 Å². The Bertz CT molecular complexity index is 842. The summed E-state index contributed by atoms with van der Waals surface area (Å²) in [6.07, 6.45) is 0. The van der Waals surface area contributed by atoms with E-state index in [1.54, 1.807) is 26.0 Å². The van der Waals surface area contributed by atoms with E-state index in [1.807, 2.05) is 13.8 Å². The lowest BCUT2D eigenvalue weighted by atomic mass is 10.4. The van der Waals surface area contributed by atoms with Crippen LogP contribution in [0.1, 0.15) is 24.4 Å². The summed E-state index contributed by atoms with van der Waals surface area (Å²) in [6, 6.07) is 5.99. The first-order valence-electron chi connectivity index (χ1n) is 7.62. The monoisotopic (exact) mass is 445 g/mol. The molecule has 1 amide bonds. The zero-order valence-corrected chi connectivity index (χ0v) is 17.6. The normalized spacial score (nSPS) is 12.0. The molecule has 0 radical (unpaired) electrons. The van der Waals surface area contributed by atoms with E-state index >= 15 is 0 Å². The largest absolute Gasteiger partial charge is 0.301 e. The molecule has 2 aromatic rings. The molecule has 0 bridgehead atoms. The van der Waals surface area contributed by atoms with Gasteiger partial charge in [-0.2, -0.15) is 4.31 Å². The molecule has 0 aliphatic rings. The van der Waals surface area contributed by atoms with Crippen LogP contribution in [0, 0.1) is 13.8 Å². The van der Waals surface area contributed by atoms with Gasteiger partial charge in [-0.15, -0.1) is 11.3 Å². The van der Waals surface area contributed by atoms with Crippen molar-refractivity contribution in [3.8, 4) is 0 Å². The van der Waals surface area contributed by atoms with Gasteiger partial charge in [0.2, 0.25) is 15.9 Å². The molecule has 25 heavy (non-hydrogen) atoms. The fraction of sp³-hybridized carbons (Fsp3) is 0.375. The summed E-state index contributed by atoms with van der Waals surface area (Å²) in [5.74, 6) is -0.414. The number of aromatic nitrogens is 1. The second kappa shape index (κ2) is 7.94. The van der Waals surface area contributed by atoms with Crippen LogP contribution >= 0.6 is 27.3 Å². The van der Waals surface area contributed by atoms with Crippen molar-refractivity contribution in [2.75, 3.05) is 11.9 Å². The van der Waals surface area contributed by atoms with Gasteiger partial charge in [0.15, 0.2) is 5.13 Å². The van der Waals surface area contributed by atoms with Gasteiger partial charge in [-0.05, 0) is 52.0 Å². The number of nitrogens with zero attached hydrogens (tertiary/aromatic N) is 2. The van der Waals surface area contributed by atoms with E-state index in [9.17, 15) is 13.2 Å². The van der Waals surface area contributed by atoms with Gasteiger partial charge in [0.05, 0.1) is 17.1 Å². The highest BCUT2D eigenvalue weighted by molar-refractivity contribution is 9.10. The van der Waals surface area contributed by atoms with Gasteiger partial charge in [0.1, 0.15) is 0 Å². The van der Waals surface area contributed by atoms with Gasteiger partial charge in [0, 0.05) is 15.4 Å². The Morgan fingerprint density at radius 1 is 1.28 bits per heavy atom. The van der Waals surface area contributed by atoms with Crippen LogP contribution in [-0.2, 0) is 14.8 Å². The maximum Gasteiger partial charge on any atom is 0.243 e. The number of hydrogen-bond acceptors (Lipinski definition) is 5. The third-order valence-corrected chi connectivity index (χ3v) is 7.12. The van der Waals surface area contributed by atoms with Crippen molar-refractivity contribution in [1.82, 2.24) is 9.29 Å². The number of anilines is 1. The van der Waals surface area contributed by atoms with Crippen molar-refractivity contribution in [1.29, 1.82) is 0 Å². The third-order valence-electron chi connectivity index (χ3n) is 3.57. The van der Waals surface area contributed by atoms with Crippen LogP contribution in [0.25, 0.3) is 0 Å². The highest BCUT2D eigenvalue weighted by Crippen LogP contribution is 2.23. The van der Waals surface area contributed by atoms with Crippen molar-refractivity contribution in [2.24, 2.45) is 0 Å². The minimum Gasteiger partial charge on any atom is -0.301 e. The number of thiazole rings is 1. The van der Waals surface area contributed by atoms with Crippen LogP contribution in [0.4, 0.5) is 5.13 Å². The molecule has 0 saturated heterocycles. The Hall–Kier alpha value is -1.29. The molecule has 1 heterocycles. The average Bonchev–Trinajstić information content (AvgIpc) is 2.82. The van der Waals surface area contributed by atoms with Gasteiger partial charge >= 0.3 is 0 Å². The predicted octanol–water partition coefficient (Wildman–Crippen LogP) is 3.56. The zero-order valence-electron chi connectivity index (χ0n) is 14.4. The quantitative estimate of drug-likeness (QED) is 0.736. The van der Waals surface area contributed by atoms with Crippen molar-refractivity contribution in [2.45, 2.75) is 38.6 Å². The van der Waals surface area contributed by atoms with Crippen LogP contribution in [0.3, 0.4) is 0 Å². The molecule has 0 aliphatic carbocycles. The molecule has 9 heteroatoms. The van der Waals surface area contributed by atoms with Gasteiger partial charge in [-0.1, -0.05) is 15.9 Å². The Balaban J connectivity index is 2.19. The molecule has 0 saturated carbocycles. The van der Waals surface area contributed by atoms with Gasteiger partial charge in [0.25, 0.3) is 0 Å². The van der Waals surface area contributed by atoms with Gasteiger partial charge in [-0.3, -0.25) is 4.79 Å². The predicted molar refractivity (Wildman–Crippen MR) is 103 cm³/mol. The van der Waals surface area contributed by atoms with E-state index in [-0.39, 0.29) is 17.5 Å². The second-order valence-electron chi connectivity index (χ2n) is 5.81. The summed E-state index contributed by atoms with van der Waals surface area (Å²) in [4.78, 5) is 17.7. The van der Waals surface area contributed by atoms with Crippen LogP contribution in [0.5, 0.6) is 0 Å². The molecule has 136 valence electrons. The first-order chi connectivity index (χ1) is 11.6. The van der Waals surface area contributed by atoms with Crippen molar-refractivity contribution in [3.05, 3.63) is 39.3 Å². The van der Waals surface area contributed by atoms with Crippen molar-refractivity contribution < 1.29 is 13.2 Å². The molecular weight excluding hydrogens is 426 g/mol. The number of aryl methyl sites for hydroxylation is 2. The van der Waals surface area contributed by atoms with E-state index in [0.29, 0.717) is 5.13 Å². The summed E-state index contributed by atoms with van der Waals surface area (Å²) in [6.45, 7) is 6.98. The standard InChI is InChI=1S/C16H20BrN3O3S2/c1-10(2)20(25(22,23)14-7-5-13(17)6-8-14)9-15(21)19-16-18-11(3)12(4)24-16/h5-8,10H,9H2,1-4H3,(H,18,19,21). The Kier molecular flexibility index (Phi) is 6.36. The van der Waals surface area contributed by atoms with Crippen LogP contribution in [0.2, 0.25) is 0 Å². The van der Waals surface area contributed by atoms with Crippen LogP contribution in [-0.4, -0.2) is 36.2 Å². The highest BCUT2D eigenvalue weighted by Gasteiger charge is 2.29. The van der Waals surface area contributed by atoms with Gasteiger partial charge < -0.3 is 5.32 Å². The lowest BCUT2D eigenvalue weighted by molar-refractivity contribution is -0.116. The first-order valence-corrected chi connectivity index (χ1v) is 10.7. The molecule has 1 aromatic carbocycles. The van der Waals surface area contributed by atoms with Gasteiger partial charge in [-0.25, -0.2) is 13.4 Å². The second-order valence-corrected chi connectivity index (χ2v) is 9.82. The van der Waals surface area contributed by atoms with E-state index in [4.69, 9.17) is 0 Å². The maximum atomic E-state index is 12.8. The SMILES string of the molecule is Cc1nc(NC(=O)CN(C(C)C)S(=O)(=O)c2ccc(Br)cc2)sc1C. The number of nitrogens with one attached hydrogen (secondary N) is 1. The van der Waals surface area contributed by atoms with E-state index in [0.717, 1.165) is 15.0 Å². The summed E-state index contributed by atoms with van der Waals surface area (Å²) in [5.41, 5.74) is 0.850. The van der Waals surface area contributed by atoms with Crippen LogP contribution in [0.15, 0.2) is 33.6 Å². The van der Waals surface area contributed by atoms with E-state index < -0.39 is 15.9 Å². The third kappa shape index (κ3) is 4.87. The highest BCUT2D eigenvalue weighted by atomic mass is 79.9. The Labute approximate surface area is 160 Å². The number of sulfonamides is 1. The average molecular weight is 446 g/mol. The molecule has 1 aromatic heterocycles. The fourth-order valence-corrected chi connectivity index (χ4v) is 4.80. The molecule has 0 aliphatic heterocycles.